The van der Waals surface area contributed by atoms with E-state index in [1.54, 1.807) is 30.5 Å². The van der Waals surface area contributed by atoms with Crippen LogP contribution in [-0.2, 0) is 4.79 Å². The highest BCUT2D eigenvalue weighted by Gasteiger charge is 2.39. The minimum absolute atomic E-state index is 0.131. The molecule has 0 bridgehead atoms. The zero-order valence-corrected chi connectivity index (χ0v) is 14.2. The van der Waals surface area contributed by atoms with Gasteiger partial charge in [0.15, 0.2) is 5.76 Å². The van der Waals surface area contributed by atoms with Gasteiger partial charge in [-0.3, -0.25) is 9.59 Å². The minimum atomic E-state index is -0.352. The van der Waals surface area contributed by atoms with Crippen LogP contribution in [0.3, 0.4) is 0 Å². The van der Waals surface area contributed by atoms with Crippen LogP contribution in [0.15, 0.2) is 71.0 Å². The lowest BCUT2D eigenvalue weighted by atomic mass is 9.88. The van der Waals surface area contributed by atoms with Crippen molar-refractivity contribution in [2.75, 3.05) is 0 Å². The fraction of sp³-hybridized carbons (Fsp3) is 0.0909. The second kappa shape index (κ2) is 5.99. The van der Waals surface area contributed by atoms with Crippen molar-refractivity contribution in [2.45, 2.75) is 12.3 Å². The van der Waals surface area contributed by atoms with Crippen molar-refractivity contribution in [1.29, 1.82) is 0 Å². The summed E-state index contributed by atoms with van der Waals surface area (Å²) in [5.41, 5.74) is 2.01. The number of fused-ring (bicyclic) bond motifs is 3. The summed E-state index contributed by atoms with van der Waals surface area (Å²) in [6.07, 6.45) is 3.41. The first-order valence-electron chi connectivity index (χ1n) is 8.61. The third kappa shape index (κ3) is 2.56. The molecule has 2 aliphatic heterocycles. The van der Waals surface area contributed by atoms with Gasteiger partial charge in [-0.2, -0.15) is 0 Å². The van der Waals surface area contributed by atoms with Crippen molar-refractivity contribution in [2.24, 2.45) is 0 Å². The fourth-order valence-electron chi connectivity index (χ4n) is 3.54. The molecule has 27 heavy (non-hydrogen) atoms. The van der Waals surface area contributed by atoms with Crippen LogP contribution < -0.4 is 9.47 Å². The predicted molar refractivity (Wildman–Crippen MR) is 96.6 cm³/mol. The maximum absolute atomic E-state index is 12.8. The molecule has 2 aromatic carbocycles. The Morgan fingerprint density at radius 2 is 1.78 bits per heavy atom. The number of esters is 1. The highest BCUT2D eigenvalue weighted by Crippen LogP contribution is 2.48. The Balaban J connectivity index is 1.63. The molecule has 1 unspecified atom stereocenters. The van der Waals surface area contributed by atoms with Crippen molar-refractivity contribution in [3.8, 4) is 11.5 Å². The smallest absolute Gasteiger partial charge is 0.312 e. The Hall–Kier alpha value is -3.60. The molecule has 1 atom stereocenters. The maximum Gasteiger partial charge on any atom is 0.312 e. The molecule has 1 aromatic heterocycles. The van der Waals surface area contributed by atoms with E-state index >= 15 is 0 Å². The van der Waals surface area contributed by atoms with Gasteiger partial charge in [0, 0.05) is 5.56 Å². The van der Waals surface area contributed by atoms with Crippen LogP contribution in [0.4, 0.5) is 0 Å². The van der Waals surface area contributed by atoms with Gasteiger partial charge in [0.2, 0.25) is 5.78 Å². The highest BCUT2D eigenvalue weighted by molar-refractivity contribution is 6.15. The van der Waals surface area contributed by atoms with E-state index in [0.29, 0.717) is 28.4 Å². The molecular formula is C22H14O5. The molecule has 5 heteroatoms. The van der Waals surface area contributed by atoms with Gasteiger partial charge in [0.05, 0.1) is 24.2 Å². The Morgan fingerprint density at radius 3 is 2.56 bits per heavy atom. The molecule has 5 nitrogen and oxygen atoms in total. The molecule has 0 aliphatic carbocycles. The van der Waals surface area contributed by atoms with Gasteiger partial charge in [0.25, 0.3) is 0 Å². The first-order chi connectivity index (χ1) is 13.2. The second-order valence-corrected chi connectivity index (χ2v) is 6.45. The maximum atomic E-state index is 12.8. The Kier molecular flexibility index (Phi) is 3.47. The number of carbonyl (C=O) groups excluding carboxylic acids is 2. The highest BCUT2D eigenvalue weighted by atomic mass is 16.5. The predicted octanol–water partition coefficient (Wildman–Crippen LogP) is 4.34. The monoisotopic (exact) mass is 358 g/mol. The molecule has 0 saturated heterocycles. The Bertz CT molecular complexity index is 1080. The quantitative estimate of drug-likeness (QED) is 0.387. The van der Waals surface area contributed by atoms with E-state index in [-0.39, 0.29) is 29.9 Å². The largest absolute Gasteiger partial charge is 0.469 e. The van der Waals surface area contributed by atoms with Crippen LogP contribution in [0.2, 0.25) is 0 Å². The van der Waals surface area contributed by atoms with E-state index in [1.165, 1.54) is 0 Å². The van der Waals surface area contributed by atoms with Gasteiger partial charge in [-0.15, -0.1) is 0 Å². The molecule has 0 radical (unpaired) electrons. The topological polar surface area (TPSA) is 65.7 Å². The van der Waals surface area contributed by atoms with E-state index in [2.05, 4.69) is 0 Å². The van der Waals surface area contributed by atoms with E-state index < -0.39 is 0 Å². The minimum Gasteiger partial charge on any atom is -0.469 e. The number of allylic oxidation sites excluding steroid dienone is 1. The lowest BCUT2D eigenvalue weighted by Crippen LogP contribution is -2.21. The van der Waals surface area contributed by atoms with Gasteiger partial charge in [-0.05, 0) is 35.9 Å². The molecule has 3 heterocycles. The van der Waals surface area contributed by atoms with Crippen molar-refractivity contribution in [3.63, 3.8) is 0 Å². The van der Waals surface area contributed by atoms with Gasteiger partial charge >= 0.3 is 5.97 Å². The average Bonchev–Trinajstić information content (AvgIpc) is 3.31. The fourth-order valence-corrected chi connectivity index (χ4v) is 3.54. The lowest BCUT2D eigenvalue weighted by molar-refractivity contribution is -0.135. The summed E-state index contributed by atoms with van der Waals surface area (Å²) < 4.78 is 16.9. The standard InChI is InChI=1S/C22H14O5/c23-19-12-15(16-7-4-10-25-16)20-17(26-19)9-8-14-21(24)18(27-22(14)20)11-13-5-2-1-3-6-13/h1-11,15H,12H2. The summed E-state index contributed by atoms with van der Waals surface area (Å²) in [5.74, 6) is 0.848. The molecule has 0 fully saturated rings. The van der Waals surface area contributed by atoms with E-state index in [1.807, 2.05) is 36.4 Å². The SMILES string of the molecule is O=C1CC(c2ccco2)c2c(ccc3c2OC(=Cc2ccccc2)C3=O)O1. The molecule has 0 amide bonds. The van der Waals surface area contributed by atoms with Crippen LogP contribution in [0, 0.1) is 0 Å². The second-order valence-electron chi connectivity index (χ2n) is 6.45. The summed E-state index contributed by atoms with van der Waals surface area (Å²) in [4.78, 5) is 24.8. The van der Waals surface area contributed by atoms with Crippen molar-refractivity contribution in [1.82, 2.24) is 0 Å². The summed E-state index contributed by atoms with van der Waals surface area (Å²) in [6, 6.07) is 16.4. The average molecular weight is 358 g/mol. The Labute approximate surface area is 154 Å². The van der Waals surface area contributed by atoms with Gasteiger partial charge in [0.1, 0.15) is 17.3 Å². The summed E-state index contributed by atoms with van der Waals surface area (Å²) >= 11 is 0. The molecular weight excluding hydrogens is 344 g/mol. The van der Waals surface area contributed by atoms with Crippen molar-refractivity contribution >= 4 is 17.8 Å². The molecule has 0 N–H and O–H groups in total. The van der Waals surface area contributed by atoms with Crippen molar-refractivity contribution in [3.05, 3.63) is 89.1 Å². The van der Waals surface area contributed by atoms with Gasteiger partial charge < -0.3 is 13.9 Å². The molecule has 5 rings (SSSR count). The Morgan fingerprint density at radius 1 is 0.926 bits per heavy atom. The third-order valence-corrected chi connectivity index (χ3v) is 4.76. The van der Waals surface area contributed by atoms with Crippen LogP contribution >= 0.6 is 0 Å². The summed E-state index contributed by atoms with van der Waals surface area (Å²) in [6.45, 7) is 0. The van der Waals surface area contributed by atoms with Crippen LogP contribution in [0.5, 0.6) is 11.5 Å². The van der Waals surface area contributed by atoms with Gasteiger partial charge in [-0.1, -0.05) is 30.3 Å². The molecule has 0 saturated carbocycles. The summed E-state index contributed by atoms with van der Waals surface area (Å²) in [7, 11) is 0. The van der Waals surface area contributed by atoms with E-state index in [0.717, 1.165) is 5.56 Å². The number of ether oxygens (including phenoxy) is 2. The number of furan rings is 1. The number of benzene rings is 2. The van der Waals surface area contributed by atoms with Crippen LogP contribution in [0.25, 0.3) is 6.08 Å². The number of ketones is 1. The molecule has 3 aromatic rings. The molecule has 2 aliphatic rings. The van der Waals surface area contributed by atoms with E-state index in [9.17, 15) is 9.59 Å². The zero-order valence-electron chi connectivity index (χ0n) is 14.2. The van der Waals surface area contributed by atoms with Gasteiger partial charge in [-0.25, -0.2) is 0 Å². The third-order valence-electron chi connectivity index (χ3n) is 4.76. The summed E-state index contributed by atoms with van der Waals surface area (Å²) in [5, 5.41) is 0. The number of hydrogen-bond donors (Lipinski definition) is 0. The van der Waals surface area contributed by atoms with E-state index in [4.69, 9.17) is 13.9 Å². The van der Waals surface area contributed by atoms with Crippen LogP contribution in [-0.4, -0.2) is 11.8 Å². The first-order valence-corrected chi connectivity index (χ1v) is 8.61. The molecule has 132 valence electrons. The lowest BCUT2D eigenvalue weighted by Gasteiger charge is -2.24. The normalized spacial score (nSPS) is 19.4. The van der Waals surface area contributed by atoms with Crippen molar-refractivity contribution < 1.29 is 23.5 Å². The molecule has 0 spiro atoms. The number of rotatable bonds is 2. The number of Topliss-reactive ketones (excluding diaryl/α,β-unsaturated/α-hetero) is 1. The first kappa shape index (κ1) is 15.6. The number of carbonyl (C=O) groups is 2. The number of hydrogen-bond acceptors (Lipinski definition) is 5. The van der Waals surface area contributed by atoms with Crippen LogP contribution in [0.1, 0.15) is 39.6 Å². The zero-order chi connectivity index (χ0) is 18.4.